The van der Waals surface area contributed by atoms with E-state index >= 15 is 0 Å². The summed E-state index contributed by atoms with van der Waals surface area (Å²) in [5.74, 6) is -15.9. The van der Waals surface area contributed by atoms with Crippen LogP contribution in [0, 0.1) is 0 Å². The van der Waals surface area contributed by atoms with E-state index in [0.29, 0.717) is 11.4 Å². The third kappa shape index (κ3) is 19.3. The molecule has 2 aromatic heterocycles. The number of nitrogens with one attached hydrogen (secondary N) is 8. The number of carboxylic acids is 5. The average Bonchev–Trinajstić information content (AvgIpc) is 3.28. The summed E-state index contributed by atoms with van der Waals surface area (Å²) in [6, 6.07) is -3.79. The molecule has 0 saturated heterocycles. The van der Waals surface area contributed by atoms with Crippen LogP contribution in [0.1, 0.15) is 61.0 Å². The van der Waals surface area contributed by atoms with Gasteiger partial charge in [-0.15, -0.1) is 0 Å². The van der Waals surface area contributed by atoms with E-state index in [0.717, 1.165) is 0 Å². The minimum Gasteiger partial charge on any atom is -0.481 e. The van der Waals surface area contributed by atoms with Crippen molar-refractivity contribution in [3.8, 4) is 0 Å². The van der Waals surface area contributed by atoms with Gasteiger partial charge in [0.25, 0.3) is 11.5 Å². The molecule has 0 fully saturated rings. The second kappa shape index (κ2) is 26.7. The second-order valence-corrected chi connectivity index (χ2v) is 15.0. The van der Waals surface area contributed by atoms with Gasteiger partial charge in [-0.25, -0.2) is 14.8 Å². The van der Waals surface area contributed by atoms with Gasteiger partial charge in [-0.3, -0.25) is 62.7 Å². The Balaban J connectivity index is 1.69. The molecule has 19 N–H and O–H groups in total. The number of aliphatic imine (C=N–C) groups is 1. The number of rotatable bonds is 29. The Labute approximate surface area is 398 Å². The van der Waals surface area contributed by atoms with Crippen LogP contribution < -0.4 is 60.0 Å². The largest absolute Gasteiger partial charge is 0.481 e. The van der Waals surface area contributed by atoms with E-state index < -0.39 is 140 Å². The second-order valence-electron chi connectivity index (χ2n) is 15.0. The SMILES string of the molecule is NC(N)=NCCC[C@H](NC(=O)[C@H](CC(=O)O)NC(=O)CC[C@H](NC(=O)c1ccc(NCc2cnc3nc(N)[nH]c(=O)c3n2)cc1)C(=O)O)C(=O)N[C@@H](CC(=O)O)C(=O)N[C@@H](CC(=O)O)C(=O)NCC(=O)O. The van der Waals surface area contributed by atoms with Gasteiger partial charge in [0.2, 0.25) is 35.5 Å². The van der Waals surface area contributed by atoms with Crippen molar-refractivity contribution in [1.82, 2.24) is 51.8 Å². The van der Waals surface area contributed by atoms with Crippen molar-refractivity contribution in [2.24, 2.45) is 16.5 Å². The number of aromatic nitrogens is 4. The Bertz CT molecular complexity index is 2600. The maximum absolute atomic E-state index is 13.6. The quantitative estimate of drug-likeness (QED) is 0.0175. The summed E-state index contributed by atoms with van der Waals surface area (Å²) in [6.45, 7) is -1.06. The minimum atomic E-state index is -2.08. The van der Waals surface area contributed by atoms with Crippen molar-refractivity contribution < 1.29 is 78.3 Å². The van der Waals surface area contributed by atoms with Crippen LogP contribution in [0.2, 0.25) is 0 Å². The van der Waals surface area contributed by atoms with Gasteiger partial charge in [-0.2, -0.15) is 4.98 Å². The van der Waals surface area contributed by atoms with Gasteiger partial charge < -0.3 is 80.0 Å². The lowest BCUT2D eigenvalue weighted by Gasteiger charge is -2.25. The first kappa shape index (κ1) is 55.8. The summed E-state index contributed by atoms with van der Waals surface area (Å²) >= 11 is 0. The summed E-state index contributed by atoms with van der Waals surface area (Å²) in [6.07, 6.45) is -3.81. The number of amides is 6. The lowest BCUT2D eigenvalue weighted by atomic mass is 10.1. The van der Waals surface area contributed by atoms with Crippen molar-refractivity contribution in [3.05, 3.63) is 52.1 Å². The minimum absolute atomic E-state index is 0.000275. The maximum Gasteiger partial charge on any atom is 0.326 e. The van der Waals surface area contributed by atoms with E-state index in [4.69, 9.17) is 22.3 Å². The molecule has 0 aliphatic heterocycles. The van der Waals surface area contributed by atoms with Gasteiger partial charge in [0.1, 0.15) is 36.8 Å². The number of carboxylic acid groups (broad SMARTS) is 5. The lowest BCUT2D eigenvalue weighted by Crippen LogP contribution is -2.59. The fraction of sp³-hybridized carbons (Fsp3) is 0.385. The molecule has 6 amide bonds. The van der Waals surface area contributed by atoms with Crippen LogP contribution in [0.15, 0.2) is 40.2 Å². The average molecular weight is 1000 g/mol. The Morgan fingerprint density at radius 2 is 1.21 bits per heavy atom. The van der Waals surface area contributed by atoms with Gasteiger partial charge >= 0.3 is 29.8 Å². The molecule has 0 aliphatic rings. The highest BCUT2D eigenvalue weighted by Crippen LogP contribution is 2.13. The Hall–Kier alpha value is -9.52. The Morgan fingerprint density at radius 3 is 1.76 bits per heavy atom. The summed E-state index contributed by atoms with van der Waals surface area (Å²) in [5, 5.41) is 62.3. The highest BCUT2D eigenvalue weighted by molar-refractivity contribution is 5.99. The molecule has 0 radical (unpaired) electrons. The first-order valence-corrected chi connectivity index (χ1v) is 20.7. The molecule has 382 valence electrons. The highest BCUT2D eigenvalue weighted by Gasteiger charge is 2.34. The molecule has 2 heterocycles. The first-order chi connectivity index (χ1) is 33.4. The molecule has 0 aliphatic carbocycles. The zero-order valence-electron chi connectivity index (χ0n) is 37.0. The highest BCUT2D eigenvalue weighted by atomic mass is 16.4. The number of nitrogen functional groups attached to an aromatic ring is 1. The van der Waals surface area contributed by atoms with Crippen LogP contribution in [-0.2, 0) is 54.5 Å². The predicted octanol–water partition coefficient (Wildman–Crippen LogP) is -5.51. The van der Waals surface area contributed by atoms with Crippen LogP contribution in [0.4, 0.5) is 11.6 Å². The molecule has 0 unspecified atom stereocenters. The smallest absolute Gasteiger partial charge is 0.326 e. The summed E-state index contributed by atoms with van der Waals surface area (Å²) in [5.41, 5.74) is 16.4. The monoisotopic (exact) mass is 999 g/mol. The zero-order valence-corrected chi connectivity index (χ0v) is 37.0. The predicted molar refractivity (Wildman–Crippen MR) is 239 cm³/mol. The molecule has 5 atom stereocenters. The molecule has 3 rings (SSSR count). The number of guanidine groups is 1. The molecule has 71 heavy (non-hydrogen) atoms. The summed E-state index contributed by atoms with van der Waals surface area (Å²) < 4.78 is 0. The van der Waals surface area contributed by atoms with Crippen molar-refractivity contribution in [2.45, 2.75) is 81.7 Å². The number of carbonyl (C=O) groups excluding carboxylic acids is 6. The molecule has 0 spiro atoms. The summed E-state index contributed by atoms with van der Waals surface area (Å²) in [7, 11) is 0. The van der Waals surface area contributed by atoms with Gasteiger partial charge in [0, 0.05) is 24.2 Å². The van der Waals surface area contributed by atoms with E-state index in [1.54, 1.807) is 0 Å². The molecular formula is C39H49N15O17. The van der Waals surface area contributed by atoms with Crippen LogP contribution in [0.5, 0.6) is 0 Å². The van der Waals surface area contributed by atoms with Crippen molar-refractivity contribution in [2.75, 3.05) is 24.1 Å². The van der Waals surface area contributed by atoms with Crippen LogP contribution in [-0.4, -0.2) is 160 Å². The molecule has 32 heteroatoms. The third-order valence-electron chi connectivity index (χ3n) is 9.42. The van der Waals surface area contributed by atoms with Gasteiger partial charge in [-0.05, 0) is 43.5 Å². The standard InChI is InChI=1S/C39H49N15O17/c40-38(41)43-9-1-2-19(33(66)52-23(12-27(60)61)35(68)51-21(10-25(56)57)32(65)46-15-28(62)63)49-34(67)22(11-26(58)59)48-24(55)8-7-20(37(70)71)50-31(64)16-3-5-17(6-4-16)44-13-18-14-45-30-29(47-18)36(69)54-39(42)53-30/h3-6,14,19-23,44H,1-2,7-13,15H2,(H,46,65)(H,48,55)(H,49,67)(H,50,64)(H,51,68)(H,52,66)(H,56,57)(H,58,59)(H,60,61)(H,62,63)(H,70,71)(H4,40,41,43)(H3,42,45,53,54,69)/t19-,20-,21-,22-,23-/m0/s1. The van der Waals surface area contributed by atoms with E-state index in [2.05, 4.69) is 46.2 Å². The number of nitrogens with zero attached hydrogens (tertiary/aromatic N) is 4. The topological polar surface area (TPSA) is 535 Å². The third-order valence-corrected chi connectivity index (χ3v) is 9.42. The number of hydrogen-bond donors (Lipinski definition) is 16. The van der Waals surface area contributed by atoms with Crippen molar-refractivity contribution in [1.29, 1.82) is 0 Å². The van der Waals surface area contributed by atoms with E-state index in [9.17, 15) is 78.0 Å². The Kier molecular flexibility index (Phi) is 21.0. The molecule has 0 saturated carbocycles. The summed E-state index contributed by atoms with van der Waals surface area (Å²) in [4.78, 5) is 167. The fourth-order valence-corrected chi connectivity index (χ4v) is 6.06. The number of hydrogen-bond acceptors (Lipinski definition) is 18. The van der Waals surface area contributed by atoms with Gasteiger partial charge in [0.15, 0.2) is 17.1 Å². The van der Waals surface area contributed by atoms with Crippen molar-refractivity contribution >= 4 is 94.0 Å². The normalized spacial score (nSPS) is 12.8. The molecular weight excluding hydrogens is 951 g/mol. The fourth-order valence-electron chi connectivity index (χ4n) is 6.06. The maximum atomic E-state index is 13.6. The number of nitrogens with two attached hydrogens (primary N) is 3. The number of anilines is 2. The Morgan fingerprint density at radius 1 is 0.662 bits per heavy atom. The van der Waals surface area contributed by atoms with Gasteiger partial charge in [0.05, 0.1) is 37.7 Å². The zero-order chi connectivity index (χ0) is 52.9. The van der Waals surface area contributed by atoms with E-state index in [-0.39, 0.29) is 54.6 Å². The number of carbonyl (C=O) groups is 11. The van der Waals surface area contributed by atoms with Gasteiger partial charge in [-0.1, -0.05) is 0 Å². The van der Waals surface area contributed by atoms with Crippen LogP contribution in [0.25, 0.3) is 11.2 Å². The van der Waals surface area contributed by atoms with E-state index in [1.165, 1.54) is 30.5 Å². The number of H-pyrrole nitrogens is 1. The van der Waals surface area contributed by atoms with Crippen LogP contribution in [0.3, 0.4) is 0 Å². The van der Waals surface area contributed by atoms with E-state index in [1.807, 2.05) is 16.0 Å². The number of benzene rings is 1. The van der Waals surface area contributed by atoms with Crippen molar-refractivity contribution in [3.63, 3.8) is 0 Å². The molecule has 32 nitrogen and oxygen atoms in total. The number of aliphatic carboxylic acids is 5. The molecule has 1 aromatic carbocycles. The molecule has 3 aromatic rings. The van der Waals surface area contributed by atoms with Crippen LogP contribution >= 0.6 is 0 Å². The first-order valence-electron chi connectivity index (χ1n) is 20.7. The number of fused-ring (bicyclic) bond motifs is 1. The lowest BCUT2D eigenvalue weighted by molar-refractivity contribution is -0.144. The number of aromatic amines is 1. The molecule has 0 bridgehead atoms.